The molecule has 1 N–H and O–H groups in total. The first-order valence-electron chi connectivity index (χ1n) is 6.42. The fourth-order valence-electron chi connectivity index (χ4n) is 2.45. The minimum absolute atomic E-state index is 0.498. The molecule has 2 unspecified atom stereocenters. The molecule has 0 saturated heterocycles. The molecule has 5 heteroatoms. The summed E-state index contributed by atoms with van der Waals surface area (Å²) in [4.78, 5) is 8.66. The number of nitrogens with one attached hydrogen (secondary N) is 1. The Morgan fingerprint density at radius 2 is 1.94 bits per heavy atom. The second-order valence-corrected chi connectivity index (χ2v) is 6.28. The number of aromatic nitrogens is 2. The van der Waals surface area contributed by atoms with E-state index in [2.05, 4.69) is 21.5 Å². The third-order valence-corrected chi connectivity index (χ3v) is 5.06. The largest absolute Gasteiger partial charge is 0.366 e. The number of anilines is 1. The molecule has 0 spiro atoms. The third-order valence-electron chi connectivity index (χ3n) is 3.53. The van der Waals surface area contributed by atoms with Crippen molar-refractivity contribution in [3.63, 3.8) is 0 Å². The van der Waals surface area contributed by atoms with Gasteiger partial charge in [-0.3, -0.25) is 0 Å². The summed E-state index contributed by atoms with van der Waals surface area (Å²) in [6.07, 6.45) is 7.33. The lowest BCUT2D eigenvalue weighted by Gasteiger charge is -2.31. The van der Waals surface area contributed by atoms with Gasteiger partial charge in [0.25, 0.3) is 0 Å². The number of rotatable bonds is 3. The Labute approximate surface area is 118 Å². The van der Waals surface area contributed by atoms with Crippen molar-refractivity contribution in [2.24, 2.45) is 0 Å². The minimum Gasteiger partial charge on any atom is -0.366 e. The summed E-state index contributed by atoms with van der Waals surface area (Å²) in [6, 6.07) is 0.498. The molecule has 0 amide bonds. The van der Waals surface area contributed by atoms with Crippen molar-refractivity contribution in [2.75, 3.05) is 11.6 Å². The third kappa shape index (κ3) is 3.09. The topological polar surface area (TPSA) is 37.8 Å². The van der Waals surface area contributed by atoms with Gasteiger partial charge in [0.1, 0.15) is 16.8 Å². The lowest BCUT2D eigenvalue weighted by atomic mass is 9.95. The summed E-state index contributed by atoms with van der Waals surface area (Å²) in [6.45, 7) is 3.85. The molecule has 0 radical (unpaired) electrons. The normalized spacial score (nSPS) is 24.0. The van der Waals surface area contributed by atoms with Gasteiger partial charge in [-0.1, -0.05) is 24.4 Å². The van der Waals surface area contributed by atoms with E-state index in [1.165, 1.54) is 25.7 Å². The molecule has 0 bridgehead atoms. The van der Waals surface area contributed by atoms with Crippen LogP contribution >= 0.6 is 23.4 Å². The molecule has 1 aromatic heterocycles. The van der Waals surface area contributed by atoms with Crippen molar-refractivity contribution in [1.29, 1.82) is 0 Å². The maximum Gasteiger partial charge on any atom is 0.137 e. The number of hydrogen-bond acceptors (Lipinski definition) is 4. The van der Waals surface area contributed by atoms with E-state index in [1.807, 2.05) is 25.6 Å². The summed E-state index contributed by atoms with van der Waals surface area (Å²) >= 11 is 8.06. The smallest absolute Gasteiger partial charge is 0.137 e. The first-order chi connectivity index (χ1) is 8.61. The van der Waals surface area contributed by atoms with Gasteiger partial charge in [-0.25, -0.2) is 9.97 Å². The molecule has 0 aromatic carbocycles. The Hall–Kier alpha value is -0.480. The van der Waals surface area contributed by atoms with Crippen LogP contribution in [0.5, 0.6) is 0 Å². The predicted molar refractivity (Wildman–Crippen MR) is 79.7 cm³/mol. The maximum atomic E-state index is 6.11. The fourth-order valence-corrected chi connectivity index (χ4v) is 3.60. The predicted octanol–water partition coefficient (Wildman–Crippen LogP) is 3.83. The number of thioether (sulfide) groups is 1. The standard InChI is InChI=1S/C13H20ClN3S/c1-8-12(14)15-9(2)16-13(8)17-10-6-4-5-7-11(10)18-3/h10-11H,4-7H2,1-3H3,(H,15,16,17). The van der Waals surface area contributed by atoms with Crippen molar-refractivity contribution < 1.29 is 0 Å². The summed E-state index contributed by atoms with van der Waals surface area (Å²) < 4.78 is 0. The van der Waals surface area contributed by atoms with Crippen LogP contribution in [0.25, 0.3) is 0 Å². The number of aryl methyl sites for hydroxylation is 1. The van der Waals surface area contributed by atoms with Crippen LogP contribution in [-0.4, -0.2) is 27.5 Å². The Bertz CT molecular complexity index is 425. The van der Waals surface area contributed by atoms with Gasteiger partial charge in [-0.2, -0.15) is 11.8 Å². The van der Waals surface area contributed by atoms with Crippen LogP contribution in [0.1, 0.15) is 37.1 Å². The molecule has 1 aliphatic carbocycles. The number of nitrogens with zero attached hydrogens (tertiary/aromatic N) is 2. The fraction of sp³-hybridized carbons (Fsp3) is 0.692. The quantitative estimate of drug-likeness (QED) is 0.857. The Morgan fingerprint density at radius 1 is 1.22 bits per heavy atom. The van der Waals surface area contributed by atoms with E-state index in [9.17, 15) is 0 Å². The van der Waals surface area contributed by atoms with Crippen molar-refractivity contribution in [1.82, 2.24) is 9.97 Å². The van der Waals surface area contributed by atoms with Gasteiger partial charge < -0.3 is 5.32 Å². The van der Waals surface area contributed by atoms with E-state index < -0.39 is 0 Å². The maximum absolute atomic E-state index is 6.11. The van der Waals surface area contributed by atoms with Gasteiger partial charge in [-0.15, -0.1) is 0 Å². The van der Waals surface area contributed by atoms with E-state index in [0.717, 1.165) is 17.2 Å². The average Bonchev–Trinajstić information content (AvgIpc) is 2.36. The molecule has 100 valence electrons. The van der Waals surface area contributed by atoms with Crippen molar-refractivity contribution in [2.45, 2.75) is 50.8 Å². The van der Waals surface area contributed by atoms with Crippen LogP contribution in [-0.2, 0) is 0 Å². The molecule has 1 fully saturated rings. The lowest BCUT2D eigenvalue weighted by molar-refractivity contribution is 0.474. The van der Waals surface area contributed by atoms with E-state index in [0.29, 0.717) is 16.4 Å². The van der Waals surface area contributed by atoms with Crippen LogP contribution < -0.4 is 5.32 Å². The molecular weight excluding hydrogens is 266 g/mol. The van der Waals surface area contributed by atoms with Crippen LogP contribution in [0.3, 0.4) is 0 Å². The molecule has 1 saturated carbocycles. The Balaban J connectivity index is 2.17. The molecule has 3 nitrogen and oxygen atoms in total. The number of hydrogen-bond donors (Lipinski definition) is 1. The van der Waals surface area contributed by atoms with Crippen molar-refractivity contribution in [3.05, 3.63) is 16.5 Å². The molecule has 2 rings (SSSR count). The Morgan fingerprint density at radius 3 is 2.67 bits per heavy atom. The first kappa shape index (κ1) is 13.9. The lowest BCUT2D eigenvalue weighted by Crippen LogP contribution is -2.35. The van der Waals surface area contributed by atoms with E-state index in [-0.39, 0.29) is 0 Å². The summed E-state index contributed by atoms with van der Waals surface area (Å²) in [5.74, 6) is 1.63. The molecule has 1 heterocycles. The molecule has 1 aromatic rings. The summed E-state index contributed by atoms with van der Waals surface area (Å²) in [5, 5.41) is 4.81. The molecule has 2 atom stereocenters. The van der Waals surface area contributed by atoms with Crippen LogP contribution in [0.2, 0.25) is 5.15 Å². The van der Waals surface area contributed by atoms with Gasteiger partial charge in [0, 0.05) is 16.9 Å². The molecular formula is C13H20ClN3S. The SMILES string of the molecule is CSC1CCCCC1Nc1nc(C)nc(Cl)c1C. The highest BCUT2D eigenvalue weighted by Crippen LogP contribution is 2.30. The van der Waals surface area contributed by atoms with Crippen molar-refractivity contribution in [3.8, 4) is 0 Å². The van der Waals surface area contributed by atoms with Gasteiger partial charge in [0.2, 0.25) is 0 Å². The van der Waals surface area contributed by atoms with Crippen LogP contribution in [0.4, 0.5) is 5.82 Å². The summed E-state index contributed by atoms with van der Waals surface area (Å²) in [7, 11) is 0. The molecule has 0 aliphatic heterocycles. The van der Waals surface area contributed by atoms with Crippen molar-refractivity contribution >= 4 is 29.2 Å². The molecule has 1 aliphatic rings. The van der Waals surface area contributed by atoms with Crippen LogP contribution in [0, 0.1) is 13.8 Å². The first-order valence-corrected chi connectivity index (χ1v) is 8.08. The second kappa shape index (κ2) is 6.11. The monoisotopic (exact) mass is 285 g/mol. The molecule has 18 heavy (non-hydrogen) atoms. The highest BCUT2D eigenvalue weighted by molar-refractivity contribution is 7.99. The zero-order chi connectivity index (χ0) is 13.1. The number of halogens is 1. The van der Waals surface area contributed by atoms with E-state index in [4.69, 9.17) is 11.6 Å². The van der Waals surface area contributed by atoms with Crippen LogP contribution in [0.15, 0.2) is 0 Å². The van der Waals surface area contributed by atoms with Gasteiger partial charge >= 0.3 is 0 Å². The highest BCUT2D eigenvalue weighted by Gasteiger charge is 2.25. The van der Waals surface area contributed by atoms with Gasteiger partial charge in [-0.05, 0) is 32.9 Å². The average molecular weight is 286 g/mol. The van der Waals surface area contributed by atoms with E-state index >= 15 is 0 Å². The minimum atomic E-state index is 0.498. The van der Waals surface area contributed by atoms with E-state index in [1.54, 1.807) is 0 Å². The zero-order valence-electron chi connectivity index (χ0n) is 11.2. The van der Waals surface area contributed by atoms with Gasteiger partial charge in [0.15, 0.2) is 0 Å². The highest BCUT2D eigenvalue weighted by atomic mass is 35.5. The Kier molecular flexibility index (Phi) is 4.73. The second-order valence-electron chi connectivity index (χ2n) is 4.84. The van der Waals surface area contributed by atoms with Gasteiger partial charge in [0.05, 0.1) is 0 Å². The summed E-state index contributed by atoms with van der Waals surface area (Å²) in [5.41, 5.74) is 0.952. The zero-order valence-corrected chi connectivity index (χ0v) is 12.7.